The largest absolute Gasteiger partial charge is 0.497 e. The molecule has 0 aliphatic rings. The van der Waals surface area contributed by atoms with Crippen LogP contribution in [0.3, 0.4) is 0 Å². The van der Waals surface area contributed by atoms with Crippen molar-refractivity contribution >= 4 is 46.0 Å². The second-order valence-corrected chi connectivity index (χ2v) is 11.1. The number of unbranched alkanes of at least 4 members (excludes halogenated alkanes) is 1. The lowest BCUT2D eigenvalue weighted by molar-refractivity contribution is -0.137. The van der Waals surface area contributed by atoms with Gasteiger partial charge in [-0.2, -0.15) is 0 Å². The summed E-state index contributed by atoms with van der Waals surface area (Å²) in [6.45, 7) is 2.39. The van der Waals surface area contributed by atoms with Gasteiger partial charge in [0.1, 0.15) is 16.9 Å². The number of fused-ring (bicyclic) bond motifs is 1. The minimum atomic E-state index is -3.53. The minimum Gasteiger partial charge on any atom is -0.497 e. The number of rotatable bonds is 10. The average Bonchev–Trinajstić information content (AvgIpc) is 2.95. The molecule has 0 aliphatic carbocycles. The molecule has 1 atom stereocenters. The molecule has 0 spiro atoms. The van der Waals surface area contributed by atoms with Crippen LogP contribution in [0.15, 0.2) is 85.1 Å². The van der Waals surface area contributed by atoms with Crippen LogP contribution in [0.25, 0.3) is 16.8 Å². The fourth-order valence-electron chi connectivity index (χ4n) is 4.13. The van der Waals surface area contributed by atoms with Crippen molar-refractivity contribution in [2.75, 3.05) is 20.8 Å². The molecule has 3 aromatic carbocycles. The van der Waals surface area contributed by atoms with Gasteiger partial charge in [0.05, 0.1) is 20.8 Å². The molecular formula is C30H30NO5P. The number of methoxy groups -OCH3 is 2. The number of hydrogen-bond acceptors (Lipinski definition) is 6. The van der Waals surface area contributed by atoms with Gasteiger partial charge in [-0.1, -0.05) is 37.6 Å². The molecule has 1 unspecified atom stereocenters. The number of carbonyl (C=O) groups excluding carboxylic acids is 1. The van der Waals surface area contributed by atoms with Crippen LogP contribution in [0, 0.1) is 0 Å². The second kappa shape index (κ2) is 11.9. The fourth-order valence-corrected chi connectivity index (χ4v) is 7.00. The zero-order valence-electron chi connectivity index (χ0n) is 21.2. The molecule has 1 aromatic heterocycles. The van der Waals surface area contributed by atoms with Gasteiger partial charge >= 0.3 is 5.97 Å². The average molecular weight is 516 g/mol. The van der Waals surface area contributed by atoms with Gasteiger partial charge in [0.15, 0.2) is 7.14 Å². The summed E-state index contributed by atoms with van der Waals surface area (Å²) >= 11 is 0. The maximum absolute atomic E-state index is 15.4. The smallest absolute Gasteiger partial charge is 0.330 e. The van der Waals surface area contributed by atoms with Crippen LogP contribution in [-0.4, -0.2) is 31.8 Å². The Balaban J connectivity index is 1.94. The normalized spacial score (nSPS) is 12.8. The van der Waals surface area contributed by atoms with Gasteiger partial charge in [-0.25, -0.2) is 4.79 Å². The molecule has 0 aliphatic heterocycles. The summed E-state index contributed by atoms with van der Waals surface area (Å²) in [6.07, 6.45) is 6.40. The zero-order valence-corrected chi connectivity index (χ0v) is 22.1. The van der Waals surface area contributed by atoms with Crippen molar-refractivity contribution in [2.24, 2.45) is 0 Å². The summed E-state index contributed by atoms with van der Waals surface area (Å²) in [7, 11) is -0.375. The first-order chi connectivity index (χ1) is 18.0. The molecule has 0 amide bonds. The molecule has 4 aromatic rings. The molecule has 0 bridgehead atoms. The van der Waals surface area contributed by atoms with E-state index in [4.69, 9.17) is 14.2 Å². The van der Waals surface area contributed by atoms with Crippen molar-refractivity contribution in [1.29, 1.82) is 0 Å². The maximum atomic E-state index is 15.4. The quantitative estimate of drug-likeness (QED) is 0.124. The number of esters is 1. The van der Waals surface area contributed by atoms with Crippen LogP contribution < -0.4 is 25.5 Å². The summed E-state index contributed by atoms with van der Waals surface area (Å²) in [4.78, 5) is 17.0. The predicted octanol–water partition coefficient (Wildman–Crippen LogP) is 5.25. The zero-order chi connectivity index (χ0) is 26.3. The van der Waals surface area contributed by atoms with E-state index in [9.17, 15) is 4.79 Å². The molecule has 0 saturated heterocycles. The molecule has 0 saturated carbocycles. The highest BCUT2D eigenvalue weighted by atomic mass is 31.2. The van der Waals surface area contributed by atoms with Crippen molar-refractivity contribution in [2.45, 2.75) is 19.8 Å². The Bertz CT molecular complexity index is 1460. The molecule has 0 fully saturated rings. The highest BCUT2D eigenvalue weighted by Crippen LogP contribution is 2.45. The Morgan fingerprint density at radius 3 is 2.41 bits per heavy atom. The Hall–Kier alpha value is -3.89. The number of carbonyl (C=O) groups is 1. The third-order valence-electron chi connectivity index (χ3n) is 6.10. The van der Waals surface area contributed by atoms with Gasteiger partial charge in [0.2, 0.25) is 0 Å². The number of hydrogen-bond donors (Lipinski definition) is 0. The van der Waals surface area contributed by atoms with E-state index < -0.39 is 13.1 Å². The molecule has 37 heavy (non-hydrogen) atoms. The van der Waals surface area contributed by atoms with E-state index in [2.05, 4.69) is 4.98 Å². The van der Waals surface area contributed by atoms with E-state index in [1.807, 2.05) is 37.3 Å². The standard InChI is InChI=1S/C30H30NO5P/c1-4-5-20-36-29(32)17-10-23-21-25(35-3)13-16-28(23)37(33,26-14-11-24(34-2)12-15-26)30-27-9-7-6-8-22(27)18-19-31-30/h6-19,21H,4-5,20H2,1-3H3. The SMILES string of the molecule is CCCCOC(=O)C=Cc1cc(OC)ccc1P(=O)(c1ccc(OC)cc1)c1nccc2ccccc12. The van der Waals surface area contributed by atoms with Crippen LogP contribution in [0.4, 0.5) is 0 Å². The van der Waals surface area contributed by atoms with Crippen molar-refractivity contribution < 1.29 is 23.6 Å². The summed E-state index contributed by atoms with van der Waals surface area (Å²) in [6, 6.07) is 22.2. The Morgan fingerprint density at radius 1 is 0.946 bits per heavy atom. The van der Waals surface area contributed by atoms with E-state index >= 15 is 4.57 Å². The molecule has 190 valence electrons. The first-order valence-corrected chi connectivity index (χ1v) is 13.8. The second-order valence-electron chi connectivity index (χ2n) is 8.44. The highest BCUT2D eigenvalue weighted by Gasteiger charge is 2.35. The number of nitrogens with zero attached hydrogens (tertiary/aromatic N) is 1. The third kappa shape index (κ3) is 5.60. The maximum Gasteiger partial charge on any atom is 0.330 e. The van der Waals surface area contributed by atoms with Crippen LogP contribution in [0.5, 0.6) is 11.5 Å². The van der Waals surface area contributed by atoms with E-state index in [1.54, 1.807) is 69.0 Å². The van der Waals surface area contributed by atoms with Gasteiger partial charge in [-0.3, -0.25) is 4.98 Å². The van der Waals surface area contributed by atoms with Gasteiger partial charge < -0.3 is 18.8 Å². The Kier molecular flexibility index (Phi) is 8.42. The minimum absolute atomic E-state index is 0.356. The van der Waals surface area contributed by atoms with Crippen molar-refractivity contribution in [3.05, 3.63) is 90.6 Å². The predicted molar refractivity (Wildman–Crippen MR) is 149 cm³/mol. The molecule has 6 nitrogen and oxygen atoms in total. The molecule has 4 rings (SSSR count). The first-order valence-electron chi connectivity index (χ1n) is 12.1. The number of ether oxygens (including phenoxy) is 3. The summed E-state index contributed by atoms with van der Waals surface area (Å²) in [5, 5.41) is 2.88. The highest BCUT2D eigenvalue weighted by molar-refractivity contribution is 7.85. The first kappa shape index (κ1) is 26.2. The van der Waals surface area contributed by atoms with Crippen LogP contribution in [-0.2, 0) is 14.1 Å². The topological polar surface area (TPSA) is 74.7 Å². The fraction of sp³-hybridized carbons (Fsp3) is 0.200. The van der Waals surface area contributed by atoms with Crippen LogP contribution in [0.2, 0.25) is 0 Å². The lowest BCUT2D eigenvalue weighted by atomic mass is 10.2. The summed E-state index contributed by atoms with van der Waals surface area (Å²) in [5.41, 5.74) is 1.06. The number of pyridine rings is 1. The third-order valence-corrected chi connectivity index (χ3v) is 9.17. The molecule has 0 N–H and O–H groups in total. The van der Waals surface area contributed by atoms with Crippen molar-refractivity contribution in [3.63, 3.8) is 0 Å². The van der Waals surface area contributed by atoms with Gasteiger partial charge in [0, 0.05) is 28.3 Å². The molecule has 0 radical (unpaired) electrons. The van der Waals surface area contributed by atoms with E-state index in [-0.39, 0.29) is 0 Å². The molecule has 1 heterocycles. The summed E-state index contributed by atoms with van der Waals surface area (Å²) < 4.78 is 31.5. The number of aromatic nitrogens is 1. The molecular weight excluding hydrogens is 485 g/mol. The van der Waals surface area contributed by atoms with E-state index in [0.717, 1.165) is 23.6 Å². The Labute approximate surface area is 217 Å². The van der Waals surface area contributed by atoms with Crippen LogP contribution >= 0.6 is 7.14 Å². The lowest BCUT2D eigenvalue weighted by Gasteiger charge is -2.23. The number of benzene rings is 3. The van der Waals surface area contributed by atoms with Gasteiger partial charge in [0.25, 0.3) is 0 Å². The van der Waals surface area contributed by atoms with Crippen LogP contribution in [0.1, 0.15) is 25.3 Å². The summed E-state index contributed by atoms with van der Waals surface area (Å²) in [5.74, 6) is 0.783. The monoisotopic (exact) mass is 515 g/mol. The van der Waals surface area contributed by atoms with Crippen molar-refractivity contribution in [3.8, 4) is 11.5 Å². The van der Waals surface area contributed by atoms with Gasteiger partial charge in [-0.05, 0) is 72.0 Å². The lowest BCUT2D eigenvalue weighted by Crippen LogP contribution is -2.29. The Morgan fingerprint density at radius 2 is 1.68 bits per heavy atom. The van der Waals surface area contributed by atoms with Crippen molar-refractivity contribution in [1.82, 2.24) is 4.98 Å². The molecule has 7 heteroatoms. The van der Waals surface area contributed by atoms with E-state index in [1.165, 1.54) is 6.08 Å². The van der Waals surface area contributed by atoms with Gasteiger partial charge in [-0.15, -0.1) is 0 Å². The van der Waals surface area contributed by atoms with E-state index in [0.29, 0.717) is 39.7 Å².